The summed E-state index contributed by atoms with van der Waals surface area (Å²) in [6.45, 7) is 7.26. The highest BCUT2D eigenvalue weighted by Crippen LogP contribution is 2.48. The molecule has 1 fully saturated rings. The summed E-state index contributed by atoms with van der Waals surface area (Å²) < 4.78 is 0. The fraction of sp³-hybridized carbons (Fsp3) is 0.632. The molecule has 0 N–H and O–H groups in total. The van der Waals surface area contributed by atoms with Crippen LogP contribution in [0, 0.1) is 11.3 Å². The third-order valence-electron chi connectivity index (χ3n) is 5.32. The Kier molecular flexibility index (Phi) is 5.48. The van der Waals surface area contributed by atoms with E-state index >= 15 is 0 Å². The van der Waals surface area contributed by atoms with Crippen LogP contribution in [0.15, 0.2) is 35.4 Å². The van der Waals surface area contributed by atoms with Crippen LogP contribution in [0.3, 0.4) is 0 Å². The van der Waals surface area contributed by atoms with E-state index < -0.39 is 5.41 Å². The maximum atomic E-state index is 12.9. The smallest absolute Gasteiger partial charge is 0.143 e. The summed E-state index contributed by atoms with van der Waals surface area (Å²) in [7, 11) is 0. The molecule has 1 aromatic rings. The molecule has 1 aliphatic carbocycles. The van der Waals surface area contributed by atoms with Crippen molar-refractivity contribution in [1.82, 2.24) is 0 Å². The minimum atomic E-state index is -0.414. The van der Waals surface area contributed by atoms with Gasteiger partial charge in [0.05, 0.1) is 5.41 Å². The van der Waals surface area contributed by atoms with Gasteiger partial charge in [0.15, 0.2) is 0 Å². The van der Waals surface area contributed by atoms with Crippen molar-refractivity contribution in [1.29, 1.82) is 0 Å². The second-order valence-electron chi connectivity index (χ2n) is 7.74. The minimum Gasteiger partial charge on any atom is -0.299 e. The van der Waals surface area contributed by atoms with Crippen molar-refractivity contribution >= 4 is 5.78 Å². The Bertz CT molecular complexity index is 584. The van der Waals surface area contributed by atoms with E-state index in [1.165, 1.54) is 0 Å². The average Bonchev–Trinajstić information content (AvgIpc) is 2.53. The number of Topliss-reactive ketones (excluding diaryl/α,β-unsaturated/α-hetero) is 1. The first-order valence-electron chi connectivity index (χ1n) is 8.50. The van der Waals surface area contributed by atoms with Crippen molar-refractivity contribution in [3.8, 4) is 0 Å². The van der Waals surface area contributed by atoms with Gasteiger partial charge >= 0.3 is 0 Å². The Morgan fingerprint density at radius 1 is 1.30 bits per heavy atom. The van der Waals surface area contributed by atoms with E-state index in [0.29, 0.717) is 24.7 Å². The van der Waals surface area contributed by atoms with Crippen molar-refractivity contribution in [2.45, 2.75) is 58.3 Å². The largest absolute Gasteiger partial charge is 0.299 e. The zero-order valence-electron chi connectivity index (χ0n) is 14.5. The number of azide groups is 1. The van der Waals surface area contributed by atoms with Crippen LogP contribution >= 0.6 is 0 Å². The summed E-state index contributed by atoms with van der Waals surface area (Å²) in [5.41, 5.74) is 9.39. The first kappa shape index (κ1) is 17.6. The summed E-state index contributed by atoms with van der Waals surface area (Å²) in [5.74, 6) is 0.880. The van der Waals surface area contributed by atoms with Crippen LogP contribution in [-0.4, -0.2) is 12.3 Å². The summed E-state index contributed by atoms with van der Waals surface area (Å²) in [5, 5.41) is 3.64. The molecule has 0 bridgehead atoms. The lowest BCUT2D eigenvalue weighted by Gasteiger charge is -2.45. The number of hydrogen-bond acceptors (Lipinski definition) is 2. The highest BCUT2D eigenvalue weighted by molar-refractivity contribution is 5.91. The molecule has 0 aromatic heterocycles. The van der Waals surface area contributed by atoms with E-state index in [1.807, 2.05) is 18.2 Å². The lowest BCUT2D eigenvalue weighted by molar-refractivity contribution is -0.129. The molecular formula is C19H27N3O. The molecule has 0 radical (unpaired) electrons. The van der Waals surface area contributed by atoms with E-state index in [2.05, 4.69) is 42.9 Å². The van der Waals surface area contributed by atoms with Gasteiger partial charge in [0.2, 0.25) is 0 Å². The zero-order valence-corrected chi connectivity index (χ0v) is 14.5. The Morgan fingerprint density at radius 2 is 2.00 bits per heavy atom. The Balaban J connectivity index is 2.34. The maximum Gasteiger partial charge on any atom is 0.143 e. The number of nitrogens with zero attached hydrogens (tertiary/aromatic N) is 3. The maximum absolute atomic E-state index is 12.9. The van der Waals surface area contributed by atoms with Gasteiger partial charge in [0, 0.05) is 17.9 Å². The van der Waals surface area contributed by atoms with Gasteiger partial charge in [-0.1, -0.05) is 56.2 Å². The van der Waals surface area contributed by atoms with Gasteiger partial charge in [-0.2, -0.15) is 0 Å². The Labute approximate surface area is 138 Å². The van der Waals surface area contributed by atoms with E-state index in [4.69, 9.17) is 5.53 Å². The zero-order chi connectivity index (χ0) is 16.9. The first-order chi connectivity index (χ1) is 10.9. The van der Waals surface area contributed by atoms with Gasteiger partial charge < -0.3 is 0 Å². The summed E-state index contributed by atoms with van der Waals surface area (Å²) in [4.78, 5) is 15.8. The second-order valence-corrected chi connectivity index (χ2v) is 7.74. The molecule has 124 valence electrons. The van der Waals surface area contributed by atoms with Crippen LogP contribution < -0.4 is 0 Å². The molecule has 0 spiro atoms. The fourth-order valence-corrected chi connectivity index (χ4v) is 3.84. The SMILES string of the molecule is CC(C)(C)[C@H]1CCC(=O)[C@@](CCCN=[N+]=[N-])(c2ccccc2)C1. The Morgan fingerprint density at radius 3 is 2.61 bits per heavy atom. The lowest BCUT2D eigenvalue weighted by atomic mass is 9.58. The summed E-state index contributed by atoms with van der Waals surface area (Å²) >= 11 is 0. The van der Waals surface area contributed by atoms with E-state index in [1.54, 1.807) is 0 Å². The van der Waals surface area contributed by atoms with Crippen LogP contribution in [0.2, 0.25) is 0 Å². The number of carbonyl (C=O) groups is 1. The fourth-order valence-electron chi connectivity index (χ4n) is 3.84. The van der Waals surface area contributed by atoms with Crippen LogP contribution in [0.4, 0.5) is 0 Å². The Hall–Kier alpha value is -1.80. The predicted molar refractivity (Wildman–Crippen MR) is 93.2 cm³/mol. The third kappa shape index (κ3) is 3.94. The van der Waals surface area contributed by atoms with E-state index in [9.17, 15) is 4.79 Å². The molecule has 4 heteroatoms. The lowest BCUT2D eigenvalue weighted by Crippen LogP contribution is -2.44. The predicted octanol–water partition coefficient (Wildman–Crippen LogP) is 5.43. The number of ketones is 1. The van der Waals surface area contributed by atoms with Crippen molar-refractivity contribution in [3.05, 3.63) is 46.3 Å². The van der Waals surface area contributed by atoms with Gasteiger partial charge in [0.1, 0.15) is 5.78 Å². The van der Waals surface area contributed by atoms with Gasteiger partial charge in [-0.05, 0) is 48.1 Å². The van der Waals surface area contributed by atoms with Crippen LogP contribution in [0.25, 0.3) is 10.4 Å². The normalized spacial score (nSPS) is 25.0. The van der Waals surface area contributed by atoms with Crippen molar-refractivity contribution in [3.63, 3.8) is 0 Å². The summed E-state index contributed by atoms with van der Waals surface area (Å²) in [6.07, 6.45) is 4.05. The molecule has 1 saturated carbocycles. The number of hydrogen-bond donors (Lipinski definition) is 0. The van der Waals surface area contributed by atoms with Gasteiger partial charge in [0.25, 0.3) is 0 Å². The van der Waals surface area contributed by atoms with Crippen molar-refractivity contribution in [2.24, 2.45) is 16.4 Å². The molecule has 2 atom stereocenters. The van der Waals surface area contributed by atoms with E-state index in [0.717, 1.165) is 31.2 Å². The molecule has 0 saturated heterocycles. The molecule has 1 aliphatic rings. The molecule has 23 heavy (non-hydrogen) atoms. The van der Waals surface area contributed by atoms with Gasteiger partial charge in [-0.25, -0.2) is 0 Å². The van der Waals surface area contributed by atoms with Crippen LogP contribution in [0.5, 0.6) is 0 Å². The monoisotopic (exact) mass is 313 g/mol. The topological polar surface area (TPSA) is 65.8 Å². The quantitative estimate of drug-likeness (QED) is 0.309. The summed E-state index contributed by atoms with van der Waals surface area (Å²) in [6, 6.07) is 10.2. The third-order valence-corrected chi connectivity index (χ3v) is 5.32. The molecule has 2 rings (SSSR count). The molecule has 0 heterocycles. The van der Waals surface area contributed by atoms with E-state index in [-0.39, 0.29) is 5.41 Å². The minimum absolute atomic E-state index is 0.200. The molecule has 0 amide bonds. The number of carbonyl (C=O) groups excluding carboxylic acids is 1. The molecule has 0 unspecified atom stereocenters. The molecule has 0 aliphatic heterocycles. The molecular weight excluding hydrogens is 286 g/mol. The second kappa shape index (κ2) is 7.18. The van der Waals surface area contributed by atoms with Crippen LogP contribution in [-0.2, 0) is 10.2 Å². The molecule has 1 aromatic carbocycles. The van der Waals surface area contributed by atoms with Crippen molar-refractivity contribution in [2.75, 3.05) is 6.54 Å². The number of rotatable bonds is 5. The highest BCUT2D eigenvalue weighted by Gasteiger charge is 2.46. The van der Waals surface area contributed by atoms with Crippen LogP contribution in [0.1, 0.15) is 58.4 Å². The standard InChI is InChI=1S/C19H27N3O/c1-18(2,3)16-10-11-17(23)19(14-16,12-7-13-21-22-20)15-8-5-4-6-9-15/h4-6,8-9,16H,7,10-14H2,1-3H3/t16-,19+/m0/s1. The van der Waals surface area contributed by atoms with Gasteiger partial charge in [-0.3, -0.25) is 4.79 Å². The van der Waals surface area contributed by atoms with Crippen molar-refractivity contribution < 1.29 is 4.79 Å². The highest BCUT2D eigenvalue weighted by atomic mass is 16.1. The first-order valence-corrected chi connectivity index (χ1v) is 8.50. The molecule has 4 nitrogen and oxygen atoms in total. The number of benzene rings is 1. The van der Waals surface area contributed by atoms with Gasteiger partial charge in [-0.15, -0.1) is 0 Å². The average molecular weight is 313 g/mol.